The fourth-order valence-corrected chi connectivity index (χ4v) is 4.84. The third-order valence-electron chi connectivity index (χ3n) is 5.51. The number of aryl methyl sites for hydroxylation is 2. The molecular weight excluding hydrogens is 438 g/mol. The van der Waals surface area contributed by atoms with Gasteiger partial charge in [-0.25, -0.2) is 8.42 Å². The Morgan fingerprint density at radius 1 is 1.03 bits per heavy atom. The summed E-state index contributed by atoms with van der Waals surface area (Å²) in [4.78, 5) is 27.3. The molecule has 2 aromatic carbocycles. The molecule has 0 saturated carbocycles. The quantitative estimate of drug-likeness (QED) is 0.542. The molecule has 2 rings (SSSR count). The van der Waals surface area contributed by atoms with Crippen LogP contribution >= 0.6 is 0 Å². The second-order valence-corrected chi connectivity index (χ2v) is 10.2. The number of anilines is 1. The fraction of sp³-hybridized carbons (Fsp3) is 0.440. The number of hydrogen-bond acceptors (Lipinski definition) is 4. The van der Waals surface area contributed by atoms with E-state index < -0.39 is 16.1 Å². The van der Waals surface area contributed by atoms with E-state index in [4.69, 9.17) is 0 Å². The Hall–Kier alpha value is -2.87. The van der Waals surface area contributed by atoms with E-state index >= 15 is 0 Å². The lowest BCUT2D eigenvalue weighted by atomic mass is 10.1. The summed E-state index contributed by atoms with van der Waals surface area (Å²) >= 11 is 0. The number of hydrogen-bond donors (Lipinski definition) is 1. The van der Waals surface area contributed by atoms with Crippen molar-refractivity contribution in [3.63, 3.8) is 0 Å². The lowest BCUT2D eigenvalue weighted by molar-refractivity contribution is -0.141. The number of nitrogens with one attached hydrogen (secondary N) is 1. The van der Waals surface area contributed by atoms with Gasteiger partial charge >= 0.3 is 0 Å². The Labute approximate surface area is 197 Å². The smallest absolute Gasteiger partial charge is 0.242 e. The number of nitrogens with zero attached hydrogens (tertiary/aromatic N) is 2. The number of sulfonamides is 1. The van der Waals surface area contributed by atoms with Crippen molar-refractivity contribution >= 4 is 27.5 Å². The van der Waals surface area contributed by atoms with Crippen molar-refractivity contribution in [1.82, 2.24) is 10.2 Å². The van der Waals surface area contributed by atoms with E-state index in [9.17, 15) is 18.0 Å². The van der Waals surface area contributed by atoms with Crippen LogP contribution in [-0.2, 0) is 26.2 Å². The van der Waals surface area contributed by atoms with Gasteiger partial charge in [0.05, 0.1) is 11.9 Å². The van der Waals surface area contributed by atoms with Gasteiger partial charge in [0.2, 0.25) is 21.8 Å². The first kappa shape index (κ1) is 26.4. The molecule has 0 aliphatic heterocycles. The Morgan fingerprint density at radius 2 is 1.67 bits per heavy atom. The molecule has 0 fully saturated rings. The van der Waals surface area contributed by atoms with E-state index in [0.29, 0.717) is 25.1 Å². The van der Waals surface area contributed by atoms with Gasteiger partial charge in [-0.3, -0.25) is 13.9 Å². The predicted octanol–water partition coefficient (Wildman–Crippen LogP) is 3.40. The fourth-order valence-electron chi connectivity index (χ4n) is 3.88. The Balaban J connectivity index is 2.19. The van der Waals surface area contributed by atoms with Gasteiger partial charge in [0, 0.05) is 26.6 Å². The first-order valence-corrected chi connectivity index (χ1v) is 13.0. The topological polar surface area (TPSA) is 86.8 Å². The zero-order chi connectivity index (χ0) is 24.6. The largest absolute Gasteiger partial charge is 0.357 e. The van der Waals surface area contributed by atoms with Crippen molar-refractivity contribution in [2.45, 2.75) is 52.6 Å². The lowest BCUT2D eigenvalue weighted by Crippen LogP contribution is -2.48. The molecule has 0 aliphatic carbocycles. The van der Waals surface area contributed by atoms with E-state index in [2.05, 4.69) is 5.32 Å². The molecule has 2 amide bonds. The lowest BCUT2D eigenvalue weighted by Gasteiger charge is -2.31. The number of rotatable bonds is 11. The van der Waals surface area contributed by atoms with Crippen molar-refractivity contribution in [2.75, 3.05) is 24.2 Å². The standard InChI is InChI=1S/C25H35N3O4S/c1-6-23(25(30)26-4)27(18-21-12-7-10-19(2)16-21)24(29)14-9-15-28(33(5,31)32)22-13-8-11-20(3)17-22/h7-8,10-13,16-17,23H,6,9,14-15,18H2,1-5H3,(H,26,30)/t23-/m1/s1. The molecule has 0 aliphatic rings. The van der Waals surface area contributed by atoms with Gasteiger partial charge in [-0.2, -0.15) is 0 Å². The van der Waals surface area contributed by atoms with E-state index in [1.807, 2.05) is 63.2 Å². The second kappa shape index (κ2) is 11.8. The predicted molar refractivity (Wildman–Crippen MR) is 132 cm³/mol. The molecule has 7 nitrogen and oxygen atoms in total. The SMILES string of the molecule is CC[C@H](C(=O)NC)N(Cc1cccc(C)c1)C(=O)CCCN(c1cccc(C)c1)S(C)(=O)=O. The number of carbonyl (C=O) groups excluding carboxylic acids is 2. The minimum Gasteiger partial charge on any atom is -0.357 e. The molecule has 0 aromatic heterocycles. The summed E-state index contributed by atoms with van der Waals surface area (Å²) in [6.45, 7) is 6.26. The zero-order valence-electron chi connectivity index (χ0n) is 20.2. The van der Waals surface area contributed by atoms with Gasteiger partial charge in [0.15, 0.2) is 0 Å². The minimum atomic E-state index is -3.50. The minimum absolute atomic E-state index is 0.136. The van der Waals surface area contributed by atoms with Crippen LogP contribution in [-0.4, -0.2) is 51.0 Å². The van der Waals surface area contributed by atoms with Crippen LogP contribution in [0.15, 0.2) is 48.5 Å². The molecule has 0 unspecified atom stereocenters. The molecule has 33 heavy (non-hydrogen) atoms. The molecule has 1 atom stereocenters. The van der Waals surface area contributed by atoms with Crippen molar-refractivity contribution in [2.24, 2.45) is 0 Å². The summed E-state index contributed by atoms with van der Waals surface area (Å²) in [6, 6.07) is 14.5. The number of amides is 2. The van der Waals surface area contributed by atoms with Crippen LogP contribution in [0, 0.1) is 13.8 Å². The van der Waals surface area contributed by atoms with E-state index in [1.165, 1.54) is 10.6 Å². The average Bonchev–Trinajstić information content (AvgIpc) is 2.75. The third-order valence-corrected chi connectivity index (χ3v) is 6.70. The van der Waals surface area contributed by atoms with Crippen molar-refractivity contribution in [1.29, 1.82) is 0 Å². The van der Waals surface area contributed by atoms with Crippen LogP contribution in [0.25, 0.3) is 0 Å². The first-order valence-electron chi connectivity index (χ1n) is 11.2. The molecule has 1 N–H and O–H groups in total. The van der Waals surface area contributed by atoms with Crippen LogP contribution in [0.2, 0.25) is 0 Å². The summed E-state index contributed by atoms with van der Waals surface area (Å²) in [5.74, 6) is -0.388. The van der Waals surface area contributed by atoms with Crippen LogP contribution in [0.5, 0.6) is 0 Å². The Kier molecular flexibility index (Phi) is 9.46. The summed E-state index contributed by atoms with van der Waals surface area (Å²) in [6.07, 6.45) is 2.13. The molecule has 0 heterocycles. The molecule has 2 aromatic rings. The van der Waals surface area contributed by atoms with Crippen molar-refractivity contribution in [3.05, 3.63) is 65.2 Å². The molecule has 0 bridgehead atoms. The molecule has 0 saturated heterocycles. The van der Waals surface area contributed by atoms with E-state index in [1.54, 1.807) is 18.0 Å². The summed E-state index contributed by atoms with van der Waals surface area (Å²) in [7, 11) is -1.94. The zero-order valence-corrected chi connectivity index (χ0v) is 21.0. The second-order valence-electron chi connectivity index (χ2n) is 8.33. The third kappa shape index (κ3) is 7.60. The molecule has 180 valence electrons. The van der Waals surface area contributed by atoms with Crippen LogP contribution in [0.1, 0.15) is 42.9 Å². The highest BCUT2D eigenvalue weighted by molar-refractivity contribution is 7.92. The molecule has 8 heteroatoms. The summed E-state index contributed by atoms with van der Waals surface area (Å²) < 4.78 is 26.1. The van der Waals surface area contributed by atoms with Crippen LogP contribution in [0.3, 0.4) is 0 Å². The van der Waals surface area contributed by atoms with Crippen molar-refractivity contribution < 1.29 is 18.0 Å². The van der Waals surface area contributed by atoms with Gasteiger partial charge in [0.25, 0.3) is 0 Å². The molecule has 0 spiro atoms. The Bertz CT molecular complexity index is 1070. The van der Waals surface area contributed by atoms with Crippen molar-refractivity contribution in [3.8, 4) is 0 Å². The van der Waals surface area contributed by atoms with Crippen LogP contribution in [0.4, 0.5) is 5.69 Å². The summed E-state index contributed by atoms with van der Waals surface area (Å²) in [5, 5.41) is 2.65. The summed E-state index contributed by atoms with van der Waals surface area (Å²) in [5.41, 5.74) is 3.56. The number of benzene rings is 2. The van der Waals surface area contributed by atoms with Crippen LogP contribution < -0.4 is 9.62 Å². The van der Waals surface area contributed by atoms with Gasteiger partial charge < -0.3 is 10.2 Å². The van der Waals surface area contributed by atoms with Gasteiger partial charge in [-0.1, -0.05) is 48.9 Å². The molecule has 0 radical (unpaired) electrons. The van der Waals surface area contributed by atoms with Gasteiger partial charge in [-0.15, -0.1) is 0 Å². The maximum absolute atomic E-state index is 13.3. The average molecular weight is 474 g/mol. The van der Waals surface area contributed by atoms with Gasteiger partial charge in [-0.05, 0) is 49.9 Å². The van der Waals surface area contributed by atoms with E-state index in [-0.39, 0.29) is 24.8 Å². The highest BCUT2D eigenvalue weighted by Crippen LogP contribution is 2.21. The highest BCUT2D eigenvalue weighted by Gasteiger charge is 2.28. The number of likely N-dealkylation sites (N-methyl/N-ethyl adjacent to an activating group) is 1. The first-order chi connectivity index (χ1) is 15.6. The molecular formula is C25H35N3O4S. The highest BCUT2D eigenvalue weighted by atomic mass is 32.2. The maximum atomic E-state index is 13.3. The Morgan fingerprint density at radius 3 is 2.21 bits per heavy atom. The maximum Gasteiger partial charge on any atom is 0.242 e. The van der Waals surface area contributed by atoms with Gasteiger partial charge in [0.1, 0.15) is 6.04 Å². The number of carbonyl (C=O) groups is 2. The normalized spacial score (nSPS) is 12.2. The van der Waals surface area contributed by atoms with E-state index in [0.717, 1.165) is 16.7 Å². The monoisotopic (exact) mass is 473 g/mol.